The third kappa shape index (κ3) is 4.18. The molecule has 0 bridgehead atoms. The Labute approximate surface area is 125 Å². The fourth-order valence-electron chi connectivity index (χ4n) is 2.60. The van der Waals surface area contributed by atoms with Crippen molar-refractivity contribution in [1.29, 1.82) is 0 Å². The Morgan fingerprint density at radius 2 is 2.10 bits per heavy atom. The minimum absolute atomic E-state index is 0. The molecule has 1 aromatic carbocycles. The molecular formula is C15H22ClFN2O. The lowest BCUT2D eigenvalue weighted by Crippen LogP contribution is -2.46. The number of carbonyl (C=O) groups excluding carboxylic acids is 1. The normalized spacial score (nSPS) is 15.5. The molecule has 1 N–H and O–H groups in total. The fraction of sp³-hybridized carbons (Fsp3) is 0.533. The van der Waals surface area contributed by atoms with Gasteiger partial charge in [-0.2, -0.15) is 0 Å². The SMILES string of the molecule is CCCN(C(=O)c1cccc(F)c1)C1CCNCC1.Cl. The summed E-state index contributed by atoms with van der Waals surface area (Å²) in [6, 6.07) is 6.25. The van der Waals surface area contributed by atoms with Gasteiger partial charge in [-0.05, 0) is 50.6 Å². The summed E-state index contributed by atoms with van der Waals surface area (Å²) < 4.78 is 13.2. The van der Waals surface area contributed by atoms with E-state index in [0.717, 1.165) is 38.9 Å². The number of piperidine rings is 1. The Bertz CT molecular complexity index is 436. The van der Waals surface area contributed by atoms with Crippen molar-refractivity contribution in [2.75, 3.05) is 19.6 Å². The number of nitrogens with one attached hydrogen (secondary N) is 1. The van der Waals surface area contributed by atoms with E-state index in [1.54, 1.807) is 12.1 Å². The van der Waals surface area contributed by atoms with Crippen LogP contribution in [0, 0.1) is 5.82 Å². The summed E-state index contributed by atoms with van der Waals surface area (Å²) in [5.41, 5.74) is 0.451. The summed E-state index contributed by atoms with van der Waals surface area (Å²) in [4.78, 5) is 14.4. The Hall–Kier alpha value is -1.13. The molecule has 3 nitrogen and oxygen atoms in total. The summed E-state index contributed by atoms with van der Waals surface area (Å²) in [6.07, 6.45) is 2.87. The van der Waals surface area contributed by atoms with E-state index in [0.29, 0.717) is 5.56 Å². The standard InChI is InChI=1S/C15H21FN2O.ClH/c1-2-10-18(14-6-8-17-9-7-14)15(19)12-4-3-5-13(16)11-12;/h3-5,11,14,17H,2,6-10H2,1H3;1H. The number of benzene rings is 1. The summed E-state index contributed by atoms with van der Waals surface area (Å²) in [6.45, 7) is 4.69. The molecule has 0 aromatic heterocycles. The highest BCUT2D eigenvalue weighted by Crippen LogP contribution is 2.16. The zero-order valence-electron chi connectivity index (χ0n) is 11.8. The first-order valence-corrected chi connectivity index (χ1v) is 6.99. The lowest BCUT2D eigenvalue weighted by Gasteiger charge is -2.34. The Balaban J connectivity index is 0.00000200. The topological polar surface area (TPSA) is 32.3 Å². The van der Waals surface area contributed by atoms with E-state index in [1.165, 1.54) is 12.1 Å². The van der Waals surface area contributed by atoms with E-state index < -0.39 is 0 Å². The molecule has 0 atom stereocenters. The second kappa shape index (κ2) is 8.22. The van der Waals surface area contributed by atoms with Crippen molar-refractivity contribution in [2.24, 2.45) is 0 Å². The van der Waals surface area contributed by atoms with Crippen LogP contribution in [0.4, 0.5) is 4.39 Å². The van der Waals surface area contributed by atoms with Crippen molar-refractivity contribution >= 4 is 18.3 Å². The number of carbonyl (C=O) groups is 1. The van der Waals surface area contributed by atoms with Crippen LogP contribution in [0.2, 0.25) is 0 Å². The van der Waals surface area contributed by atoms with Crippen molar-refractivity contribution in [3.8, 4) is 0 Å². The van der Waals surface area contributed by atoms with Gasteiger partial charge in [0.1, 0.15) is 5.82 Å². The molecule has 20 heavy (non-hydrogen) atoms. The van der Waals surface area contributed by atoms with E-state index in [1.807, 2.05) is 4.90 Å². The molecule has 1 fully saturated rings. The fourth-order valence-corrected chi connectivity index (χ4v) is 2.60. The second-order valence-electron chi connectivity index (χ2n) is 4.99. The summed E-state index contributed by atoms with van der Waals surface area (Å²) in [5, 5.41) is 3.30. The maximum absolute atomic E-state index is 13.2. The zero-order chi connectivity index (χ0) is 13.7. The summed E-state index contributed by atoms with van der Waals surface area (Å²) in [7, 11) is 0. The monoisotopic (exact) mass is 300 g/mol. The number of halogens is 2. The largest absolute Gasteiger partial charge is 0.336 e. The lowest BCUT2D eigenvalue weighted by atomic mass is 10.0. The molecule has 1 amide bonds. The van der Waals surface area contributed by atoms with Crippen LogP contribution in [-0.4, -0.2) is 36.5 Å². The van der Waals surface area contributed by atoms with E-state index in [-0.39, 0.29) is 30.2 Å². The van der Waals surface area contributed by atoms with Crippen molar-refractivity contribution in [3.63, 3.8) is 0 Å². The number of rotatable bonds is 4. The van der Waals surface area contributed by atoms with E-state index in [2.05, 4.69) is 12.2 Å². The summed E-state index contributed by atoms with van der Waals surface area (Å²) >= 11 is 0. The van der Waals surface area contributed by atoms with E-state index in [4.69, 9.17) is 0 Å². The van der Waals surface area contributed by atoms with Crippen LogP contribution < -0.4 is 5.32 Å². The molecule has 1 heterocycles. The van der Waals surface area contributed by atoms with E-state index in [9.17, 15) is 9.18 Å². The van der Waals surface area contributed by atoms with Crippen LogP contribution in [0.15, 0.2) is 24.3 Å². The number of nitrogens with zero attached hydrogens (tertiary/aromatic N) is 1. The Morgan fingerprint density at radius 1 is 1.40 bits per heavy atom. The van der Waals surface area contributed by atoms with Gasteiger partial charge in [0.2, 0.25) is 0 Å². The van der Waals surface area contributed by atoms with Crippen molar-refractivity contribution < 1.29 is 9.18 Å². The first-order chi connectivity index (χ1) is 9.22. The average molecular weight is 301 g/mol. The van der Waals surface area contributed by atoms with Gasteiger partial charge < -0.3 is 10.2 Å². The van der Waals surface area contributed by atoms with E-state index >= 15 is 0 Å². The first kappa shape index (κ1) is 16.9. The zero-order valence-corrected chi connectivity index (χ0v) is 12.6. The highest BCUT2D eigenvalue weighted by molar-refractivity contribution is 5.94. The van der Waals surface area contributed by atoms with Crippen LogP contribution in [0.1, 0.15) is 36.5 Å². The van der Waals surface area contributed by atoms with Gasteiger partial charge >= 0.3 is 0 Å². The highest BCUT2D eigenvalue weighted by atomic mass is 35.5. The Kier molecular flexibility index (Phi) is 6.96. The van der Waals surface area contributed by atoms with Crippen LogP contribution in [0.25, 0.3) is 0 Å². The molecule has 112 valence electrons. The van der Waals surface area contributed by atoms with Gasteiger partial charge in [0.15, 0.2) is 0 Å². The van der Waals surface area contributed by atoms with Gasteiger partial charge in [0.05, 0.1) is 0 Å². The molecular weight excluding hydrogens is 279 g/mol. The van der Waals surface area contributed by atoms with Gasteiger partial charge in [-0.1, -0.05) is 13.0 Å². The molecule has 1 aliphatic rings. The summed E-state index contributed by atoms with van der Waals surface area (Å²) in [5.74, 6) is -0.402. The predicted molar refractivity (Wildman–Crippen MR) is 80.9 cm³/mol. The maximum Gasteiger partial charge on any atom is 0.254 e. The first-order valence-electron chi connectivity index (χ1n) is 6.99. The average Bonchev–Trinajstić information content (AvgIpc) is 2.45. The molecule has 0 saturated carbocycles. The third-order valence-corrected chi connectivity index (χ3v) is 3.55. The highest BCUT2D eigenvalue weighted by Gasteiger charge is 2.25. The Morgan fingerprint density at radius 3 is 2.70 bits per heavy atom. The molecule has 0 spiro atoms. The van der Waals surface area contributed by atoms with Gasteiger partial charge in [-0.25, -0.2) is 4.39 Å². The quantitative estimate of drug-likeness (QED) is 0.927. The van der Waals surface area contributed by atoms with Gasteiger partial charge in [0.25, 0.3) is 5.91 Å². The number of amides is 1. The van der Waals surface area contributed by atoms with Gasteiger partial charge in [-0.3, -0.25) is 4.79 Å². The molecule has 1 saturated heterocycles. The van der Waals surface area contributed by atoms with Crippen molar-refractivity contribution in [1.82, 2.24) is 10.2 Å². The molecule has 1 aromatic rings. The van der Waals surface area contributed by atoms with Crippen molar-refractivity contribution in [3.05, 3.63) is 35.6 Å². The number of hydrogen-bond acceptors (Lipinski definition) is 2. The minimum atomic E-state index is -0.354. The van der Waals surface area contributed by atoms with Crippen LogP contribution in [-0.2, 0) is 0 Å². The van der Waals surface area contributed by atoms with Gasteiger partial charge in [0, 0.05) is 18.2 Å². The molecule has 0 radical (unpaired) electrons. The van der Waals surface area contributed by atoms with Crippen LogP contribution in [0.3, 0.4) is 0 Å². The smallest absolute Gasteiger partial charge is 0.254 e. The molecule has 0 aliphatic carbocycles. The molecule has 5 heteroatoms. The molecule has 0 unspecified atom stereocenters. The third-order valence-electron chi connectivity index (χ3n) is 3.55. The van der Waals surface area contributed by atoms with Crippen molar-refractivity contribution in [2.45, 2.75) is 32.2 Å². The minimum Gasteiger partial charge on any atom is -0.336 e. The molecule has 2 rings (SSSR count). The van der Waals surface area contributed by atoms with Crippen LogP contribution >= 0.6 is 12.4 Å². The molecule has 1 aliphatic heterocycles. The maximum atomic E-state index is 13.2. The van der Waals surface area contributed by atoms with Gasteiger partial charge in [-0.15, -0.1) is 12.4 Å². The second-order valence-corrected chi connectivity index (χ2v) is 4.99. The number of hydrogen-bond donors (Lipinski definition) is 1. The predicted octanol–water partition coefficient (Wildman–Crippen LogP) is 2.85. The lowest BCUT2D eigenvalue weighted by molar-refractivity contribution is 0.0642. The van der Waals surface area contributed by atoms with Crippen LogP contribution in [0.5, 0.6) is 0 Å².